The monoisotopic (exact) mass is 180 g/mol. The third-order valence-electron chi connectivity index (χ3n) is 1.16. The van der Waals surface area contributed by atoms with E-state index in [1.165, 1.54) is 0 Å². The van der Waals surface area contributed by atoms with Gasteiger partial charge < -0.3 is 0 Å². The topological polar surface area (TPSA) is 18.5 Å². The van der Waals surface area contributed by atoms with Gasteiger partial charge in [-0.2, -0.15) is 0 Å². The van der Waals surface area contributed by atoms with Gasteiger partial charge in [-0.3, -0.25) is 0 Å². The highest BCUT2D eigenvalue weighted by molar-refractivity contribution is 9.09. The molecule has 1 aliphatic heterocycles. The molecular weight excluding hydrogens is 172 g/mol. The Morgan fingerprint density at radius 3 is 3.00 bits per heavy atom. The zero-order valence-corrected chi connectivity index (χ0v) is 6.19. The Kier molecular flexibility index (Phi) is 2.80. The summed E-state index contributed by atoms with van der Waals surface area (Å²) in [6.07, 6.45) is 2.44. The van der Waals surface area contributed by atoms with Crippen LogP contribution < -0.4 is 0 Å². The van der Waals surface area contributed by atoms with Crippen molar-refractivity contribution in [2.75, 3.05) is 11.9 Å². The molecule has 0 radical (unpaired) electrons. The predicted octanol–water partition coefficient (Wildman–Crippen LogP) is 1.49. The number of alkyl halides is 1. The fourth-order valence-electron chi connectivity index (χ4n) is 0.686. The highest BCUT2D eigenvalue weighted by Gasteiger charge is 2.15. The van der Waals surface area contributed by atoms with Gasteiger partial charge in [0, 0.05) is 11.8 Å². The second-order valence-corrected chi connectivity index (χ2v) is 2.60. The zero-order chi connectivity index (χ0) is 5.82. The molecule has 1 saturated heterocycles. The van der Waals surface area contributed by atoms with Gasteiger partial charge in [-0.25, -0.2) is 9.78 Å². The van der Waals surface area contributed by atoms with Crippen LogP contribution in [0.25, 0.3) is 0 Å². The number of rotatable bonds is 2. The average molecular weight is 181 g/mol. The molecule has 0 aromatic heterocycles. The Labute approximate surface area is 57.2 Å². The molecule has 8 heavy (non-hydrogen) atoms. The van der Waals surface area contributed by atoms with Crippen molar-refractivity contribution in [2.24, 2.45) is 0 Å². The van der Waals surface area contributed by atoms with Crippen molar-refractivity contribution in [1.29, 1.82) is 0 Å². The third-order valence-corrected chi connectivity index (χ3v) is 1.62. The van der Waals surface area contributed by atoms with E-state index in [9.17, 15) is 0 Å². The Hall–Kier alpha value is 0.400. The van der Waals surface area contributed by atoms with Gasteiger partial charge in [0.05, 0.1) is 12.7 Å². The SMILES string of the molecule is BrCCC1CCOO1. The summed E-state index contributed by atoms with van der Waals surface area (Å²) in [6.45, 7) is 0.762. The summed E-state index contributed by atoms with van der Waals surface area (Å²) >= 11 is 3.32. The van der Waals surface area contributed by atoms with E-state index in [2.05, 4.69) is 20.8 Å². The van der Waals surface area contributed by atoms with Gasteiger partial charge in [0.1, 0.15) is 0 Å². The fraction of sp³-hybridized carbons (Fsp3) is 1.00. The highest BCUT2D eigenvalue weighted by atomic mass is 79.9. The summed E-state index contributed by atoms with van der Waals surface area (Å²) in [5.74, 6) is 0. The second kappa shape index (κ2) is 3.43. The lowest BCUT2D eigenvalue weighted by Crippen LogP contribution is -2.03. The third kappa shape index (κ3) is 1.73. The van der Waals surface area contributed by atoms with Crippen molar-refractivity contribution in [3.63, 3.8) is 0 Å². The van der Waals surface area contributed by atoms with Gasteiger partial charge in [-0.05, 0) is 6.42 Å². The molecule has 1 aliphatic rings. The van der Waals surface area contributed by atoms with Gasteiger partial charge in [0.2, 0.25) is 0 Å². The van der Waals surface area contributed by atoms with E-state index < -0.39 is 0 Å². The molecular formula is C5H9BrO2. The van der Waals surface area contributed by atoms with Gasteiger partial charge >= 0.3 is 0 Å². The fourth-order valence-corrected chi connectivity index (χ4v) is 1.20. The van der Waals surface area contributed by atoms with Crippen molar-refractivity contribution in [2.45, 2.75) is 18.9 Å². The maximum absolute atomic E-state index is 4.86. The lowest BCUT2D eigenvalue weighted by Gasteiger charge is -2.00. The summed E-state index contributed by atoms with van der Waals surface area (Å²) < 4.78 is 0. The molecule has 0 aromatic carbocycles. The maximum atomic E-state index is 4.86. The van der Waals surface area contributed by atoms with Crippen LogP contribution >= 0.6 is 15.9 Å². The van der Waals surface area contributed by atoms with Crippen LogP contribution in [0.4, 0.5) is 0 Å². The summed E-state index contributed by atoms with van der Waals surface area (Å²) in [5, 5.41) is 1.00. The lowest BCUT2D eigenvalue weighted by molar-refractivity contribution is -0.274. The van der Waals surface area contributed by atoms with Crippen LogP contribution in [0.15, 0.2) is 0 Å². The van der Waals surface area contributed by atoms with Crippen LogP contribution in [0.5, 0.6) is 0 Å². The number of hydrogen-bond donors (Lipinski definition) is 0. The lowest BCUT2D eigenvalue weighted by atomic mass is 10.2. The van der Waals surface area contributed by atoms with Crippen molar-refractivity contribution in [1.82, 2.24) is 0 Å². The van der Waals surface area contributed by atoms with Crippen LogP contribution in [-0.2, 0) is 9.78 Å². The second-order valence-electron chi connectivity index (χ2n) is 1.81. The molecule has 1 unspecified atom stereocenters. The maximum Gasteiger partial charge on any atom is 0.0961 e. The van der Waals surface area contributed by atoms with E-state index in [1.807, 2.05) is 0 Å². The Morgan fingerprint density at radius 2 is 2.50 bits per heavy atom. The minimum absolute atomic E-state index is 0.342. The van der Waals surface area contributed by atoms with Gasteiger partial charge in [0.25, 0.3) is 0 Å². The number of hydrogen-bond acceptors (Lipinski definition) is 2. The molecule has 48 valence electrons. The molecule has 1 fully saturated rings. The molecule has 2 nitrogen and oxygen atoms in total. The Morgan fingerprint density at radius 1 is 1.62 bits per heavy atom. The van der Waals surface area contributed by atoms with Gasteiger partial charge in [-0.15, -0.1) is 0 Å². The molecule has 0 amide bonds. The van der Waals surface area contributed by atoms with Crippen LogP contribution in [0.3, 0.4) is 0 Å². The van der Waals surface area contributed by atoms with Crippen molar-refractivity contribution in [3.8, 4) is 0 Å². The first-order chi connectivity index (χ1) is 3.93. The Balaban J connectivity index is 2.06. The van der Waals surface area contributed by atoms with Gasteiger partial charge in [-0.1, -0.05) is 15.9 Å². The van der Waals surface area contributed by atoms with Crippen LogP contribution in [-0.4, -0.2) is 18.0 Å². The minimum atomic E-state index is 0.342. The van der Waals surface area contributed by atoms with Crippen molar-refractivity contribution >= 4 is 15.9 Å². The zero-order valence-electron chi connectivity index (χ0n) is 4.60. The molecule has 0 N–H and O–H groups in total. The van der Waals surface area contributed by atoms with Crippen LogP contribution in [0.2, 0.25) is 0 Å². The highest BCUT2D eigenvalue weighted by Crippen LogP contribution is 2.12. The molecule has 1 atom stereocenters. The first-order valence-electron chi connectivity index (χ1n) is 2.77. The van der Waals surface area contributed by atoms with E-state index in [0.717, 1.165) is 24.8 Å². The van der Waals surface area contributed by atoms with E-state index in [-0.39, 0.29) is 0 Å². The molecule has 3 heteroatoms. The minimum Gasteiger partial charge on any atom is -0.236 e. The Bertz CT molecular complexity index is 61.4. The quantitative estimate of drug-likeness (QED) is 0.474. The molecule has 0 saturated carbocycles. The summed E-state index contributed by atoms with van der Waals surface area (Å²) in [6, 6.07) is 0. The van der Waals surface area contributed by atoms with Crippen molar-refractivity contribution < 1.29 is 9.78 Å². The molecule has 0 aliphatic carbocycles. The largest absolute Gasteiger partial charge is 0.236 e. The summed E-state index contributed by atoms with van der Waals surface area (Å²) in [7, 11) is 0. The predicted molar refractivity (Wildman–Crippen MR) is 33.9 cm³/mol. The number of halogens is 1. The standard InChI is InChI=1S/C5H9BrO2/c6-3-1-5-2-4-7-8-5/h5H,1-4H2. The molecule has 0 spiro atoms. The average Bonchev–Trinajstić information content (AvgIpc) is 2.19. The normalized spacial score (nSPS) is 28.9. The molecule has 0 bridgehead atoms. The van der Waals surface area contributed by atoms with E-state index >= 15 is 0 Å². The van der Waals surface area contributed by atoms with Crippen molar-refractivity contribution in [3.05, 3.63) is 0 Å². The molecule has 1 rings (SSSR count). The smallest absolute Gasteiger partial charge is 0.0961 e. The van der Waals surface area contributed by atoms with E-state index in [1.54, 1.807) is 0 Å². The molecule has 1 heterocycles. The first-order valence-corrected chi connectivity index (χ1v) is 3.90. The first kappa shape index (κ1) is 6.52. The van der Waals surface area contributed by atoms with Crippen LogP contribution in [0.1, 0.15) is 12.8 Å². The van der Waals surface area contributed by atoms with E-state index in [0.29, 0.717) is 6.10 Å². The van der Waals surface area contributed by atoms with Gasteiger partial charge in [0.15, 0.2) is 0 Å². The summed E-state index contributed by atoms with van der Waals surface area (Å²) in [4.78, 5) is 9.55. The van der Waals surface area contributed by atoms with Crippen LogP contribution in [0, 0.1) is 0 Å². The van der Waals surface area contributed by atoms with E-state index in [4.69, 9.17) is 4.89 Å². The summed E-state index contributed by atoms with van der Waals surface area (Å²) in [5.41, 5.74) is 0. The molecule has 0 aromatic rings.